The Hall–Kier alpha value is -4.41. The van der Waals surface area contributed by atoms with E-state index in [4.69, 9.17) is 10.7 Å². The number of H-pyrrole nitrogens is 1. The van der Waals surface area contributed by atoms with E-state index in [9.17, 15) is 4.39 Å². The van der Waals surface area contributed by atoms with Crippen LogP contribution in [0.5, 0.6) is 0 Å². The molecule has 0 saturated carbocycles. The highest BCUT2D eigenvalue weighted by atomic mass is 19.1. The molecule has 0 saturated heterocycles. The van der Waals surface area contributed by atoms with Crippen molar-refractivity contribution in [1.82, 2.24) is 29.8 Å². The molecular formula is C29H28F2N8. The Balaban J connectivity index is 1.67. The number of benzene rings is 1. The number of rotatable bonds is 8. The highest BCUT2D eigenvalue weighted by Gasteiger charge is 2.24. The van der Waals surface area contributed by atoms with E-state index in [1.165, 1.54) is 18.3 Å². The molecule has 1 aromatic carbocycles. The van der Waals surface area contributed by atoms with Crippen LogP contribution in [0.1, 0.15) is 29.6 Å². The molecule has 0 spiro atoms. The van der Waals surface area contributed by atoms with Gasteiger partial charge in [-0.25, -0.2) is 13.8 Å². The van der Waals surface area contributed by atoms with Gasteiger partial charge in [0.2, 0.25) is 0 Å². The van der Waals surface area contributed by atoms with Crippen LogP contribution in [0, 0.1) is 11.6 Å². The average molecular weight is 527 g/mol. The minimum absolute atomic E-state index is 0.0892. The molecule has 0 aliphatic rings. The molecule has 5 aromatic rings. The Kier molecular flexibility index (Phi) is 7.49. The topological polar surface area (TPSA) is 109 Å². The van der Waals surface area contributed by atoms with Crippen molar-refractivity contribution >= 4 is 16.7 Å². The Morgan fingerprint density at radius 1 is 1.05 bits per heavy atom. The first-order valence-corrected chi connectivity index (χ1v) is 12.5. The van der Waals surface area contributed by atoms with Crippen molar-refractivity contribution in [3.8, 4) is 22.4 Å². The van der Waals surface area contributed by atoms with Crippen LogP contribution in [0.15, 0.2) is 66.2 Å². The second-order valence-electron chi connectivity index (χ2n) is 9.32. The zero-order chi connectivity index (χ0) is 27.5. The SMILES string of the molecule is CCc1ncc(-c2cncc(CN(C)C)c2)c(F)c1/C(=N\CN)c1nc2c(-c3cccc(F)c3)nccc2[nH]1. The van der Waals surface area contributed by atoms with Crippen molar-refractivity contribution < 1.29 is 8.78 Å². The molecule has 5 rings (SSSR count). The molecule has 8 nitrogen and oxygen atoms in total. The van der Waals surface area contributed by atoms with Crippen molar-refractivity contribution in [1.29, 1.82) is 0 Å². The van der Waals surface area contributed by atoms with E-state index in [2.05, 4.69) is 24.9 Å². The fourth-order valence-electron chi connectivity index (χ4n) is 4.58. The Morgan fingerprint density at radius 2 is 1.90 bits per heavy atom. The number of nitrogens with two attached hydrogens (primary N) is 1. The molecular weight excluding hydrogens is 498 g/mol. The lowest BCUT2D eigenvalue weighted by Gasteiger charge is -2.15. The first-order chi connectivity index (χ1) is 18.9. The summed E-state index contributed by atoms with van der Waals surface area (Å²) in [6.45, 7) is 2.47. The molecule has 3 N–H and O–H groups in total. The lowest BCUT2D eigenvalue weighted by atomic mass is 9.98. The van der Waals surface area contributed by atoms with Crippen molar-refractivity contribution in [2.24, 2.45) is 10.7 Å². The summed E-state index contributed by atoms with van der Waals surface area (Å²) in [6.07, 6.45) is 6.98. The molecule has 39 heavy (non-hydrogen) atoms. The minimum Gasteiger partial charge on any atom is -0.337 e. The lowest BCUT2D eigenvalue weighted by molar-refractivity contribution is 0.402. The van der Waals surface area contributed by atoms with Gasteiger partial charge in [-0.1, -0.05) is 19.1 Å². The van der Waals surface area contributed by atoms with Gasteiger partial charge in [0.15, 0.2) is 5.82 Å². The molecule has 10 heteroatoms. The van der Waals surface area contributed by atoms with Crippen LogP contribution in [-0.4, -0.2) is 56.3 Å². The van der Waals surface area contributed by atoms with Gasteiger partial charge in [-0.3, -0.25) is 19.9 Å². The van der Waals surface area contributed by atoms with Crippen LogP contribution >= 0.6 is 0 Å². The number of aromatic nitrogens is 5. The van der Waals surface area contributed by atoms with E-state index in [0.29, 0.717) is 57.9 Å². The quantitative estimate of drug-likeness (QED) is 0.283. The highest BCUT2D eigenvalue weighted by Crippen LogP contribution is 2.30. The van der Waals surface area contributed by atoms with Gasteiger partial charge >= 0.3 is 0 Å². The van der Waals surface area contributed by atoms with Crippen molar-refractivity contribution in [2.45, 2.75) is 19.9 Å². The second-order valence-corrected chi connectivity index (χ2v) is 9.32. The number of aliphatic imine (C=N–C) groups is 1. The highest BCUT2D eigenvalue weighted by molar-refractivity contribution is 6.13. The van der Waals surface area contributed by atoms with Gasteiger partial charge < -0.3 is 15.6 Å². The number of imidazole rings is 1. The zero-order valence-electron chi connectivity index (χ0n) is 21.9. The summed E-state index contributed by atoms with van der Waals surface area (Å²) in [5, 5.41) is 0. The average Bonchev–Trinajstić information content (AvgIpc) is 3.36. The summed E-state index contributed by atoms with van der Waals surface area (Å²) in [6, 6.07) is 9.79. The van der Waals surface area contributed by atoms with Gasteiger partial charge in [-0.2, -0.15) is 0 Å². The summed E-state index contributed by atoms with van der Waals surface area (Å²) >= 11 is 0. The van der Waals surface area contributed by atoms with Crippen LogP contribution in [0.3, 0.4) is 0 Å². The number of fused-ring (bicyclic) bond motifs is 1. The van der Waals surface area contributed by atoms with E-state index >= 15 is 4.39 Å². The molecule has 0 atom stereocenters. The molecule has 0 aliphatic heterocycles. The Bertz CT molecular complexity index is 1680. The van der Waals surface area contributed by atoms with Gasteiger partial charge in [0.25, 0.3) is 0 Å². The van der Waals surface area contributed by atoms with Gasteiger partial charge in [0.05, 0.1) is 29.1 Å². The number of pyridine rings is 3. The monoisotopic (exact) mass is 526 g/mol. The van der Waals surface area contributed by atoms with Crippen LogP contribution < -0.4 is 5.73 Å². The van der Waals surface area contributed by atoms with E-state index in [-0.39, 0.29) is 23.8 Å². The largest absolute Gasteiger partial charge is 0.337 e. The number of halogens is 2. The number of nitrogens with zero attached hydrogens (tertiary/aromatic N) is 6. The molecule has 0 bridgehead atoms. The smallest absolute Gasteiger partial charge is 0.157 e. The number of nitrogens with one attached hydrogen (secondary N) is 1. The molecule has 4 heterocycles. The predicted octanol–water partition coefficient (Wildman–Crippen LogP) is 4.74. The van der Waals surface area contributed by atoms with Crippen molar-refractivity contribution in [3.05, 3.63) is 95.5 Å². The molecule has 4 aromatic heterocycles. The second kappa shape index (κ2) is 11.1. The Labute approximate surface area is 224 Å². The van der Waals surface area contributed by atoms with E-state index in [0.717, 1.165) is 5.56 Å². The van der Waals surface area contributed by atoms with Crippen LogP contribution in [0.25, 0.3) is 33.4 Å². The number of hydrogen-bond donors (Lipinski definition) is 2. The third-order valence-corrected chi connectivity index (χ3v) is 6.24. The summed E-state index contributed by atoms with van der Waals surface area (Å²) in [5.74, 6) is -0.552. The Morgan fingerprint density at radius 3 is 2.64 bits per heavy atom. The summed E-state index contributed by atoms with van der Waals surface area (Å²) in [5.41, 5.74) is 10.9. The van der Waals surface area contributed by atoms with Crippen LogP contribution in [0.2, 0.25) is 0 Å². The van der Waals surface area contributed by atoms with Crippen molar-refractivity contribution in [2.75, 3.05) is 20.8 Å². The zero-order valence-corrected chi connectivity index (χ0v) is 21.9. The van der Waals surface area contributed by atoms with Gasteiger partial charge in [-0.15, -0.1) is 0 Å². The molecule has 0 radical (unpaired) electrons. The maximum atomic E-state index is 16.4. The van der Waals surface area contributed by atoms with Gasteiger partial charge in [-0.05, 0) is 50.3 Å². The first-order valence-electron chi connectivity index (χ1n) is 12.5. The summed E-state index contributed by atoms with van der Waals surface area (Å²) in [4.78, 5) is 27.8. The lowest BCUT2D eigenvalue weighted by Crippen LogP contribution is -2.16. The van der Waals surface area contributed by atoms with E-state index in [1.54, 1.807) is 36.8 Å². The standard InChI is InChI=1S/C29H28F2N8/c1-4-22-24(25(31)21(14-35-22)19-10-17(12-33-13-19)15-39(2)3)28(36-16-32)29-37-23-8-9-34-26(27(23)38-29)18-6-5-7-20(30)11-18/h5-14H,4,15-16,32H2,1-3H3,(H,37,38)/b36-28+. The third-order valence-electron chi connectivity index (χ3n) is 6.24. The maximum Gasteiger partial charge on any atom is 0.157 e. The third kappa shape index (κ3) is 5.29. The maximum absolute atomic E-state index is 16.4. The molecule has 0 amide bonds. The number of aryl methyl sites for hydroxylation is 1. The predicted molar refractivity (Wildman–Crippen MR) is 148 cm³/mol. The van der Waals surface area contributed by atoms with Crippen LogP contribution in [0.4, 0.5) is 8.78 Å². The normalized spacial score (nSPS) is 12.0. The first kappa shape index (κ1) is 26.2. The summed E-state index contributed by atoms with van der Waals surface area (Å²) < 4.78 is 30.4. The molecule has 0 fully saturated rings. The number of hydrogen-bond acceptors (Lipinski definition) is 7. The minimum atomic E-state index is -0.484. The molecule has 0 aliphatic carbocycles. The van der Waals surface area contributed by atoms with E-state index in [1.807, 2.05) is 32.0 Å². The molecule has 0 unspecified atom stereocenters. The fraction of sp³-hybridized carbons (Fsp3) is 0.207. The van der Waals surface area contributed by atoms with Crippen molar-refractivity contribution in [3.63, 3.8) is 0 Å². The van der Waals surface area contributed by atoms with E-state index < -0.39 is 5.82 Å². The van der Waals surface area contributed by atoms with Gasteiger partial charge in [0, 0.05) is 48.0 Å². The fourth-order valence-corrected chi connectivity index (χ4v) is 4.58. The summed E-state index contributed by atoms with van der Waals surface area (Å²) in [7, 11) is 3.92. The number of aromatic amines is 1. The molecule has 198 valence electrons. The van der Waals surface area contributed by atoms with Gasteiger partial charge in [0.1, 0.15) is 22.9 Å². The van der Waals surface area contributed by atoms with Crippen LogP contribution in [-0.2, 0) is 13.0 Å².